The molecule has 9 heteroatoms. The Labute approximate surface area is 184 Å². The van der Waals surface area contributed by atoms with E-state index in [1.807, 2.05) is 19.1 Å². The SMILES string of the molecule is C[C@H](C(=O)Nc1cccc(Cl)c1)N1CCN(c2ccc([N+](=O)[O-])c3cnccc23)CC1. The minimum absolute atomic E-state index is 0.0526. The summed E-state index contributed by atoms with van der Waals surface area (Å²) < 4.78 is 0. The minimum atomic E-state index is -0.383. The normalized spacial score (nSPS) is 15.6. The van der Waals surface area contributed by atoms with Crippen molar-refractivity contribution in [1.82, 2.24) is 9.88 Å². The monoisotopic (exact) mass is 439 g/mol. The maximum absolute atomic E-state index is 12.7. The fourth-order valence-corrected chi connectivity index (χ4v) is 4.11. The lowest BCUT2D eigenvalue weighted by atomic mass is 10.1. The smallest absolute Gasteiger partial charge is 0.278 e. The lowest BCUT2D eigenvalue weighted by Crippen LogP contribution is -2.52. The number of nitrogens with zero attached hydrogens (tertiary/aromatic N) is 4. The number of nitro benzene ring substituents is 1. The number of anilines is 2. The number of pyridine rings is 1. The molecule has 1 amide bonds. The molecule has 0 spiro atoms. The van der Waals surface area contributed by atoms with Crippen molar-refractivity contribution < 1.29 is 9.72 Å². The van der Waals surface area contributed by atoms with Crippen LogP contribution in [0.5, 0.6) is 0 Å². The van der Waals surface area contributed by atoms with Gasteiger partial charge in [0.2, 0.25) is 5.91 Å². The van der Waals surface area contributed by atoms with Gasteiger partial charge in [0.15, 0.2) is 0 Å². The quantitative estimate of drug-likeness (QED) is 0.478. The summed E-state index contributed by atoms with van der Waals surface area (Å²) in [6.07, 6.45) is 3.18. The van der Waals surface area contributed by atoms with Crippen LogP contribution in [0.15, 0.2) is 54.9 Å². The largest absolute Gasteiger partial charge is 0.368 e. The number of nitro groups is 1. The number of rotatable bonds is 5. The van der Waals surface area contributed by atoms with Gasteiger partial charge in [-0.1, -0.05) is 17.7 Å². The van der Waals surface area contributed by atoms with Crippen molar-refractivity contribution >= 4 is 45.3 Å². The van der Waals surface area contributed by atoms with E-state index in [9.17, 15) is 14.9 Å². The molecule has 0 saturated carbocycles. The molecule has 1 aromatic heterocycles. The van der Waals surface area contributed by atoms with Crippen molar-refractivity contribution in [3.05, 3.63) is 70.0 Å². The van der Waals surface area contributed by atoms with Crippen LogP contribution in [0.1, 0.15) is 6.92 Å². The lowest BCUT2D eigenvalue weighted by molar-refractivity contribution is -0.383. The first-order valence-corrected chi connectivity index (χ1v) is 10.4. The Morgan fingerprint density at radius 2 is 1.94 bits per heavy atom. The zero-order chi connectivity index (χ0) is 22.0. The third-order valence-corrected chi connectivity index (χ3v) is 5.88. The fourth-order valence-electron chi connectivity index (χ4n) is 3.92. The highest BCUT2D eigenvalue weighted by molar-refractivity contribution is 6.30. The number of carbonyl (C=O) groups excluding carboxylic acids is 1. The van der Waals surface area contributed by atoms with Gasteiger partial charge in [0, 0.05) is 66.4 Å². The second-order valence-corrected chi connectivity index (χ2v) is 7.92. The summed E-state index contributed by atoms with van der Waals surface area (Å²) in [4.78, 5) is 32.0. The van der Waals surface area contributed by atoms with Crippen LogP contribution >= 0.6 is 11.6 Å². The predicted octanol–water partition coefficient (Wildman–Crippen LogP) is 3.95. The number of nitrogens with one attached hydrogen (secondary N) is 1. The van der Waals surface area contributed by atoms with Gasteiger partial charge in [-0.05, 0) is 37.3 Å². The van der Waals surface area contributed by atoms with E-state index in [0.717, 1.165) is 11.1 Å². The molecule has 3 aromatic rings. The maximum atomic E-state index is 12.7. The molecule has 2 aromatic carbocycles. The molecule has 0 aliphatic carbocycles. The zero-order valence-corrected chi connectivity index (χ0v) is 17.7. The van der Waals surface area contributed by atoms with Crippen LogP contribution in [-0.4, -0.2) is 52.9 Å². The van der Waals surface area contributed by atoms with Gasteiger partial charge >= 0.3 is 0 Å². The van der Waals surface area contributed by atoms with E-state index in [1.54, 1.807) is 30.5 Å². The Balaban J connectivity index is 1.45. The lowest BCUT2D eigenvalue weighted by Gasteiger charge is -2.38. The minimum Gasteiger partial charge on any atom is -0.368 e. The summed E-state index contributed by atoms with van der Waals surface area (Å²) in [5, 5.41) is 16.2. The van der Waals surface area contributed by atoms with Crippen LogP contribution in [0, 0.1) is 10.1 Å². The number of non-ortho nitro benzene ring substituents is 1. The molecule has 1 atom stereocenters. The van der Waals surface area contributed by atoms with E-state index < -0.39 is 0 Å². The first-order valence-electron chi connectivity index (χ1n) is 10.0. The van der Waals surface area contributed by atoms with Crippen LogP contribution < -0.4 is 10.2 Å². The van der Waals surface area contributed by atoms with Crippen molar-refractivity contribution in [1.29, 1.82) is 0 Å². The number of aromatic nitrogens is 1. The molecule has 2 heterocycles. The summed E-state index contributed by atoms with van der Waals surface area (Å²) in [5.41, 5.74) is 1.67. The number of piperazine rings is 1. The van der Waals surface area contributed by atoms with Crippen LogP contribution in [0.25, 0.3) is 10.8 Å². The van der Waals surface area contributed by atoms with Crippen LogP contribution in [0.3, 0.4) is 0 Å². The molecular weight excluding hydrogens is 418 g/mol. The van der Waals surface area contributed by atoms with Gasteiger partial charge in [-0.2, -0.15) is 0 Å². The van der Waals surface area contributed by atoms with Crippen LogP contribution in [0.2, 0.25) is 5.02 Å². The highest BCUT2D eigenvalue weighted by Crippen LogP contribution is 2.33. The summed E-state index contributed by atoms with van der Waals surface area (Å²) >= 11 is 5.99. The second-order valence-electron chi connectivity index (χ2n) is 7.48. The predicted molar refractivity (Wildman–Crippen MR) is 122 cm³/mol. The Kier molecular flexibility index (Phi) is 6.01. The molecular formula is C22H22ClN5O3. The van der Waals surface area contributed by atoms with Gasteiger partial charge in [0.1, 0.15) is 0 Å². The number of fused-ring (bicyclic) bond motifs is 1. The number of hydrogen-bond acceptors (Lipinski definition) is 6. The average molecular weight is 440 g/mol. The van der Waals surface area contributed by atoms with Gasteiger partial charge in [-0.25, -0.2) is 0 Å². The Hall–Kier alpha value is -3.23. The van der Waals surface area contributed by atoms with Crippen molar-refractivity contribution in [2.75, 3.05) is 36.4 Å². The number of halogens is 1. The first kappa shape index (κ1) is 21.0. The molecule has 1 aliphatic rings. The fraction of sp³-hybridized carbons (Fsp3) is 0.273. The average Bonchev–Trinajstić information content (AvgIpc) is 2.78. The molecule has 160 valence electrons. The second kappa shape index (κ2) is 8.87. The molecule has 1 fully saturated rings. The number of benzene rings is 2. The van der Waals surface area contributed by atoms with Crippen molar-refractivity contribution in [3.63, 3.8) is 0 Å². The molecule has 0 radical (unpaired) electrons. The molecule has 0 unspecified atom stereocenters. The van der Waals surface area contributed by atoms with Gasteiger partial charge in [0.25, 0.3) is 5.69 Å². The Morgan fingerprint density at radius 1 is 1.16 bits per heavy atom. The topological polar surface area (TPSA) is 91.6 Å². The number of carbonyl (C=O) groups is 1. The van der Waals surface area contributed by atoms with Gasteiger partial charge in [0.05, 0.1) is 16.4 Å². The highest BCUT2D eigenvalue weighted by atomic mass is 35.5. The molecule has 4 rings (SSSR count). The van der Waals surface area contributed by atoms with E-state index in [4.69, 9.17) is 11.6 Å². The molecule has 31 heavy (non-hydrogen) atoms. The van der Waals surface area contributed by atoms with Crippen molar-refractivity contribution in [3.8, 4) is 0 Å². The molecule has 1 N–H and O–H groups in total. The summed E-state index contributed by atoms with van der Waals surface area (Å²) in [5.74, 6) is -0.0809. The Bertz CT molecular complexity index is 1130. The summed E-state index contributed by atoms with van der Waals surface area (Å²) in [6.45, 7) is 4.72. The van der Waals surface area contributed by atoms with Crippen LogP contribution in [0.4, 0.5) is 17.1 Å². The molecule has 1 saturated heterocycles. The standard InChI is InChI=1S/C22H22ClN5O3/c1-15(22(29)25-17-4-2-3-16(23)13-17)26-9-11-27(12-10-26)20-5-6-21(28(30)31)19-14-24-8-7-18(19)20/h2-8,13-15H,9-12H2,1H3,(H,25,29)/t15-/m1/s1. The number of amides is 1. The van der Waals surface area contributed by atoms with Gasteiger partial charge < -0.3 is 10.2 Å². The van der Waals surface area contributed by atoms with E-state index in [0.29, 0.717) is 42.3 Å². The molecule has 8 nitrogen and oxygen atoms in total. The van der Waals surface area contributed by atoms with E-state index >= 15 is 0 Å². The van der Waals surface area contributed by atoms with E-state index in [2.05, 4.69) is 20.1 Å². The van der Waals surface area contributed by atoms with Crippen molar-refractivity contribution in [2.24, 2.45) is 0 Å². The third kappa shape index (κ3) is 4.45. The number of hydrogen-bond donors (Lipinski definition) is 1. The maximum Gasteiger partial charge on any atom is 0.278 e. The Morgan fingerprint density at radius 3 is 2.65 bits per heavy atom. The highest BCUT2D eigenvalue weighted by Gasteiger charge is 2.27. The first-order chi connectivity index (χ1) is 14.9. The van der Waals surface area contributed by atoms with Gasteiger partial charge in [-0.15, -0.1) is 0 Å². The third-order valence-electron chi connectivity index (χ3n) is 5.64. The molecule has 1 aliphatic heterocycles. The zero-order valence-electron chi connectivity index (χ0n) is 17.0. The summed E-state index contributed by atoms with van der Waals surface area (Å²) in [6, 6.07) is 11.9. The van der Waals surface area contributed by atoms with Crippen LogP contribution in [-0.2, 0) is 4.79 Å². The van der Waals surface area contributed by atoms with Crippen molar-refractivity contribution in [2.45, 2.75) is 13.0 Å². The van der Waals surface area contributed by atoms with Gasteiger partial charge in [-0.3, -0.25) is 24.8 Å². The molecule has 0 bridgehead atoms. The van der Waals surface area contributed by atoms with E-state index in [1.165, 1.54) is 12.3 Å². The van der Waals surface area contributed by atoms with E-state index in [-0.39, 0.29) is 22.6 Å². The summed E-state index contributed by atoms with van der Waals surface area (Å²) in [7, 11) is 0.